The van der Waals surface area contributed by atoms with Gasteiger partial charge in [-0.2, -0.15) is 0 Å². The third-order valence-corrected chi connectivity index (χ3v) is 6.17. The van der Waals surface area contributed by atoms with E-state index in [2.05, 4.69) is 34.5 Å². The number of ether oxygens (including phenoxy) is 2. The summed E-state index contributed by atoms with van der Waals surface area (Å²) in [5.41, 5.74) is 1.40. The summed E-state index contributed by atoms with van der Waals surface area (Å²) >= 11 is 0. The van der Waals surface area contributed by atoms with E-state index in [0.717, 1.165) is 64.2 Å². The molecule has 0 bridgehead atoms. The van der Waals surface area contributed by atoms with Gasteiger partial charge in [-0.25, -0.2) is 0 Å². The van der Waals surface area contributed by atoms with Gasteiger partial charge in [-0.05, 0) is 88.3 Å². The Morgan fingerprint density at radius 2 is 1.81 bits per heavy atom. The fourth-order valence-corrected chi connectivity index (χ4v) is 4.52. The van der Waals surface area contributed by atoms with Crippen molar-refractivity contribution in [1.82, 2.24) is 10.2 Å². The summed E-state index contributed by atoms with van der Waals surface area (Å²) in [7, 11) is 1.70. The zero-order chi connectivity index (χ0) is 19.1. The molecule has 1 aromatic carbocycles. The predicted octanol–water partition coefficient (Wildman–Crippen LogP) is 3.05. The van der Waals surface area contributed by atoms with Crippen LogP contribution in [-0.4, -0.2) is 57.3 Å². The number of rotatable bonds is 7. The molecule has 1 N–H and O–H groups in total. The van der Waals surface area contributed by atoms with E-state index in [9.17, 15) is 4.79 Å². The van der Waals surface area contributed by atoms with Gasteiger partial charge in [0.1, 0.15) is 5.75 Å². The average Bonchev–Trinajstić information content (AvgIpc) is 2.73. The average molecular weight is 375 g/mol. The van der Waals surface area contributed by atoms with Gasteiger partial charge in [-0.1, -0.05) is 12.1 Å². The van der Waals surface area contributed by atoms with Crippen LogP contribution in [-0.2, 0) is 9.53 Å². The van der Waals surface area contributed by atoms with E-state index in [4.69, 9.17) is 9.47 Å². The fraction of sp³-hybridized carbons (Fsp3) is 0.682. The standard InChI is InChI=1S/C22H34N2O3/c1-3-27-22(25)21(19-8-12-23-13-9-19)16-24-14-10-18(11-15-24)17-4-6-20(26-2)7-5-17/h4-7,18-19,21,23H,3,8-16H2,1-2H3. The normalized spacial score (nSPS) is 21.0. The molecule has 1 atom stereocenters. The Balaban J connectivity index is 1.55. The number of nitrogens with zero attached hydrogens (tertiary/aromatic N) is 1. The molecule has 3 rings (SSSR count). The summed E-state index contributed by atoms with van der Waals surface area (Å²) in [6, 6.07) is 8.48. The molecule has 0 aromatic heterocycles. The molecule has 150 valence electrons. The van der Waals surface area contributed by atoms with E-state index < -0.39 is 0 Å². The predicted molar refractivity (Wildman–Crippen MR) is 107 cm³/mol. The third-order valence-electron chi connectivity index (χ3n) is 6.17. The molecule has 0 spiro atoms. The van der Waals surface area contributed by atoms with Crippen molar-refractivity contribution in [3.8, 4) is 5.75 Å². The third kappa shape index (κ3) is 5.45. The summed E-state index contributed by atoms with van der Waals surface area (Å²) in [6.45, 7) is 7.35. The summed E-state index contributed by atoms with van der Waals surface area (Å²) in [5, 5.41) is 3.40. The van der Waals surface area contributed by atoms with Crippen LogP contribution in [0.15, 0.2) is 24.3 Å². The van der Waals surface area contributed by atoms with Crippen molar-refractivity contribution in [2.45, 2.75) is 38.5 Å². The summed E-state index contributed by atoms with van der Waals surface area (Å²) in [5.74, 6) is 1.98. The largest absolute Gasteiger partial charge is 0.497 e. The Labute approximate surface area is 163 Å². The Kier molecular flexibility index (Phi) is 7.53. The maximum absolute atomic E-state index is 12.6. The molecule has 5 heteroatoms. The second kappa shape index (κ2) is 10.1. The van der Waals surface area contributed by atoms with Crippen LogP contribution in [0.1, 0.15) is 44.1 Å². The SMILES string of the molecule is CCOC(=O)C(CN1CCC(c2ccc(OC)cc2)CC1)C1CCNCC1. The quantitative estimate of drug-likeness (QED) is 0.744. The zero-order valence-corrected chi connectivity index (χ0v) is 16.8. The highest BCUT2D eigenvalue weighted by Gasteiger charge is 2.33. The molecular formula is C22H34N2O3. The molecule has 0 aliphatic carbocycles. The molecule has 2 aliphatic rings. The van der Waals surface area contributed by atoms with Gasteiger partial charge in [-0.15, -0.1) is 0 Å². The number of methoxy groups -OCH3 is 1. The lowest BCUT2D eigenvalue weighted by atomic mass is 9.83. The number of piperidine rings is 2. The van der Waals surface area contributed by atoms with Crippen LogP contribution in [0.3, 0.4) is 0 Å². The topological polar surface area (TPSA) is 50.8 Å². The number of carbonyl (C=O) groups excluding carboxylic acids is 1. The van der Waals surface area contributed by atoms with Gasteiger partial charge in [0.2, 0.25) is 0 Å². The van der Waals surface area contributed by atoms with E-state index in [1.807, 2.05) is 6.92 Å². The first kappa shape index (κ1) is 20.2. The minimum Gasteiger partial charge on any atom is -0.497 e. The Morgan fingerprint density at radius 3 is 2.41 bits per heavy atom. The Bertz CT molecular complexity index is 576. The molecule has 0 amide bonds. The highest BCUT2D eigenvalue weighted by Crippen LogP contribution is 2.31. The molecule has 1 unspecified atom stereocenters. The molecule has 0 saturated carbocycles. The lowest BCUT2D eigenvalue weighted by Gasteiger charge is -2.37. The summed E-state index contributed by atoms with van der Waals surface area (Å²) < 4.78 is 10.7. The lowest BCUT2D eigenvalue weighted by molar-refractivity contribution is -0.151. The van der Waals surface area contributed by atoms with Gasteiger partial charge < -0.3 is 19.7 Å². The fourth-order valence-electron chi connectivity index (χ4n) is 4.52. The van der Waals surface area contributed by atoms with Gasteiger partial charge in [0, 0.05) is 6.54 Å². The van der Waals surface area contributed by atoms with E-state index in [-0.39, 0.29) is 11.9 Å². The van der Waals surface area contributed by atoms with E-state index in [1.54, 1.807) is 7.11 Å². The highest BCUT2D eigenvalue weighted by molar-refractivity contribution is 5.73. The molecule has 2 saturated heterocycles. The second-order valence-corrected chi connectivity index (χ2v) is 7.79. The van der Waals surface area contributed by atoms with Crippen LogP contribution in [0.4, 0.5) is 0 Å². The number of carbonyl (C=O) groups is 1. The van der Waals surface area contributed by atoms with Gasteiger partial charge in [0.15, 0.2) is 0 Å². The minimum atomic E-state index is 0.00155. The van der Waals surface area contributed by atoms with Gasteiger partial charge in [0.25, 0.3) is 0 Å². The van der Waals surface area contributed by atoms with E-state index >= 15 is 0 Å². The Hall–Kier alpha value is -1.59. The van der Waals surface area contributed by atoms with Crippen LogP contribution < -0.4 is 10.1 Å². The first-order valence-corrected chi connectivity index (χ1v) is 10.4. The highest BCUT2D eigenvalue weighted by atomic mass is 16.5. The maximum atomic E-state index is 12.6. The number of esters is 1. The summed E-state index contributed by atoms with van der Waals surface area (Å²) in [4.78, 5) is 15.1. The maximum Gasteiger partial charge on any atom is 0.310 e. The van der Waals surface area contributed by atoms with Gasteiger partial charge >= 0.3 is 5.97 Å². The van der Waals surface area contributed by atoms with Crippen LogP contribution in [0.5, 0.6) is 5.75 Å². The van der Waals surface area contributed by atoms with Crippen molar-refractivity contribution in [2.75, 3.05) is 46.4 Å². The number of hydrogen-bond acceptors (Lipinski definition) is 5. The molecule has 2 fully saturated rings. The van der Waals surface area contributed by atoms with Crippen molar-refractivity contribution in [3.05, 3.63) is 29.8 Å². The molecular weight excluding hydrogens is 340 g/mol. The van der Waals surface area contributed by atoms with Crippen LogP contribution >= 0.6 is 0 Å². The summed E-state index contributed by atoms with van der Waals surface area (Å²) in [6.07, 6.45) is 4.44. The smallest absolute Gasteiger partial charge is 0.310 e. The van der Waals surface area contributed by atoms with Gasteiger partial charge in [0.05, 0.1) is 19.6 Å². The van der Waals surface area contributed by atoms with Gasteiger partial charge in [-0.3, -0.25) is 4.79 Å². The zero-order valence-electron chi connectivity index (χ0n) is 16.8. The van der Waals surface area contributed by atoms with E-state index in [0.29, 0.717) is 18.4 Å². The second-order valence-electron chi connectivity index (χ2n) is 7.79. The lowest BCUT2D eigenvalue weighted by Crippen LogP contribution is -2.44. The number of hydrogen-bond donors (Lipinski definition) is 1. The van der Waals surface area contributed by atoms with Crippen LogP contribution in [0, 0.1) is 11.8 Å². The number of nitrogens with one attached hydrogen (secondary N) is 1. The molecule has 1 aromatic rings. The molecule has 5 nitrogen and oxygen atoms in total. The first-order valence-electron chi connectivity index (χ1n) is 10.4. The van der Waals surface area contributed by atoms with Crippen molar-refractivity contribution in [1.29, 1.82) is 0 Å². The first-order chi connectivity index (χ1) is 13.2. The van der Waals surface area contributed by atoms with Crippen molar-refractivity contribution in [2.24, 2.45) is 11.8 Å². The van der Waals surface area contributed by atoms with Crippen LogP contribution in [0.2, 0.25) is 0 Å². The number of benzene rings is 1. The molecule has 27 heavy (non-hydrogen) atoms. The molecule has 0 radical (unpaired) electrons. The molecule has 2 aliphatic heterocycles. The monoisotopic (exact) mass is 374 g/mol. The van der Waals surface area contributed by atoms with Crippen molar-refractivity contribution in [3.63, 3.8) is 0 Å². The van der Waals surface area contributed by atoms with Crippen molar-refractivity contribution >= 4 is 5.97 Å². The van der Waals surface area contributed by atoms with Crippen LogP contribution in [0.25, 0.3) is 0 Å². The number of likely N-dealkylation sites (tertiary alicyclic amines) is 1. The Morgan fingerprint density at radius 1 is 1.15 bits per heavy atom. The van der Waals surface area contributed by atoms with Crippen molar-refractivity contribution < 1.29 is 14.3 Å². The van der Waals surface area contributed by atoms with E-state index in [1.165, 1.54) is 5.56 Å². The minimum absolute atomic E-state index is 0.00155. The molecule has 2 heterocycles.